The van der Waals surface area contributed by atoms with E-state index in [1.165, 1.54) is 12.5 Å². The van der Waals surface area contributed by atoms with Crippen molar-refractivity contribution in [2.75, 3.05) is 30.4 Å². The Balaban J connectivity index is 2.32. The quantitative estimate of drug-likeness (QED) is 0.671. The second-order valence-corrected chi connectivity index (χ2v) is 5.07. The molecule has 1 aliphatic rings. The normalized spacial score (nSPS) is 19.9. The fourth-order valence-electron chi connectivity index (χ4n) is 2.43. The van der Waals surface area contributed by atoms with E-state index in [1.54, 1.807) is 13.1 Å². The third-order valence-electron chi connectivity index (χ3n) is 3.62. The molecule has 1 unspecified atom stereocenters. The molecule has 1 fully saturated rings. The van der Waals surface area contributed by atoms with Gasteiger partial charge in [0.1, 0.15) is 5.82 Å². The van der Waals surface area contributed by atoms with Crippen LogP contribution in [0.3, 0.4) is 0 Å². The summed E-state index contributed by atoms with van der Waals surface area (Å²) in [5.74, 6) is 1.83. The SMILES string of the molecule is CNc1ccc([N+](=O)[O-])c(N2CCCC(C)CC2)n1. The Morgan fingerprint density at radius 3 is 2.89 bits per heavy atom. The van der Waals surface area contributed by atoms with Crippen LogP contribution in [0.1, 0.15) is 26.2 Å². The number of hydrogen-bond acceptors (Lipinski definition) is 5. The molecule has 0 amide bonds. The van der Waals surface area contributed by atoms with Crippen LogP contribution in [0, 0.1) is 16.0 Å². The average Bonchev–Trinajstić information content (AvgIpc) is 2.62. The fourth-order valence-corrected chi connectivity index (χ4v) is 2.43. The van der Waals surface area contributed by atoms with Crippen LogP contribution in [0.15, 0.2) is 12.1 Å². The zero-order valence-corrected chi connectivity index (χ0v) is 11.4. The molecule has 6 nitrogen and oxygen atoms in total. The summed E-state index contributed by atoms with van der Waals surface area (Å²) in [4.78, 5) is 17.2. The van der Waals surface area contributed by atoms with Gasteiger partial charge in [-0.25, -0.2) is 4.98 Å². The molecule has 2 rings (SSSR count). The first-order valence-electron chi connectivity index (χ1n) is 6.70. The Hall–Kier alpha value is -1.85. The standard InChI is InChI=1S/C13H20N4O2/c1-10-4-3-8-16(9-7-10)13-11(17(18)19)5-6-12(14-2)15-13/h5-6,10H,3-4,7-9H2,1-2H3,(H,14,15). The summed E-state index contributed by atoms with van der Waals surface area (Å²) in [7, 11) is 1.77. The lowest BCUT2D eigenvalue weighted by molar-refractivity contribution is -0.384. The highest BCUT2D eigenvalue weighted by molar-refractivity contribution is 5.61. The van der Waals surface area contributed by atoms with Crippen LogP contribution >= 0.6 is 0 Å². The van der Waals surface area contributed by atoms with Crippen molar-refractivity contribution in [1.29, 1.82) is 0 Å². The Morgan fingerprint density at radius 1 is 1.42 bits per heavy atom. The molecule has 104 valence electrons. The summed E-state index contributed by atoms with van der Waals surface area (Å²) >= 11 is 0. The maximum atomic E-state index is 11.1. The van der Waals surface area contributed by atoms with Gasteiger partial charge in [0.05, 0.1) is 4.92 Å². The van der Waals surface area contributed by atoms with Gasteiger partial charge in [0.15, 0.2) is 0 Å². The molecule has 0 bridgehead atoms. The molecule has 0 spiro atoms. The number of nitro groups is 1. The zero-order valence-electron chi connectivity index (χ0n) is 11.4. The van der Waals surface area contributed by atoms with E-state index in [4.69, 9.17) is 0 Å². The van der Waals surface area contributed by atoms with E-state index in [0.29, 0.717) is 17.6 Å². The van der Waals surface area contributed by atoms with Gasteiger partial charge in [-0.15, -0.1) is 0 Å². The first kappa shape index (κ1) is 13.6. The van der Waals surface area contributed by atoms with Crippen molar-refractivity contribution >= 4 is 17.3 Å². The lowest BCUT2D eigenvalue weighted by Crippen LogP contribution is -2.26. The molecule has 19 heavy (non-hydrogen) atoms. The Labute approximate surface area is 113 Å². The van der Waals surface area contributed by atoms with Crippen molar-refractivity contribution in [2.24, 2.45) is 5.92 Å². The minimum Gasteiger partial charge on any atom is -0.373 e. The molecule has 0 saturated carbocycles. The van der Waals surface area contributed by atoms with E-state index in [2.05, 4.69) is 17.2 Å². The maximum absolute atomic E-state index is 11.1. The van der Waals surface area contributed by atoms with Gasteiger partial charge in [-0.2, -0.15) is 0 Å². The molecule has 2 heterocycles. The highest BCUT2D eigenvalue weighted by atomic mass is 16.6. The predicted molar refractivity (Wildman–Crippen MR) is 75.7 cm³/mol. The number of pyridine rings is 1. The second kappa shape index (κ2) is 5.86. The van der Waals surface area contributed by atoms with Gasteiger partial charge in [-0.3, -0.25) is 10.1 Å². The number of rotatable bonds is 3. The van der Waals surface area contributed by atoms with Gasteiger partial charge in [0.2, 0.25) is 5.82 Å². The largest absolute Gasteiger partial charge is 0.373 e. The summed E-state index contributed by atoms with van der Waals surface area (Å²) in [6.07, 6.45) is 3.29. The van der Waals surface area contributed by atoms with Crippen molar-refractivity contribution in [1.82, 2.24) is 4.98 Å². The Bertz CT molecular complexity index is 464. The molecule has 1 N–H and O–H groups in total. The minimum absolute atomic E-state index is 0.0913. The number of aromatic nitrogens is 1. The third-order valence-corrected chi connectivity index (χ3v) is 3.62. The van der Waals surface area contributed by atoms with Crippen LogP contribution in [0.2, 0.25) is 0 Å². The zero-order chi connectivity index (χ0) is 13.8. The minimum atomic E-state index is -0.351. The van der Waals surface area contributed by atoms with Gasteiger partial charge in [-0.1, -0.05) is 6.92 Å². The highest BCUT2D eigenvalue weighted by Crippen LogP contribution is 2.30. The smallest absolute Gasteiger partial charge is 0.311 e. The maximum Gasteiger partial charge on any atom is 0.311 e. The van der Waals surface area contributed by atoms with Crippen molar-refractivity contribution in [3.05, 3.63) is 22.2 Å². The molecule has 1 aromatic rings. The lowest BCUT2D eigenvalue weighted by atomic mass is 10.0. The van der Waals surface area contributed by atoms with Crippen molar-refractivity contribution < 1.29 is 4.92 Å². The monoisotopic (exact) mass is 264 g/mol. The lowest BCUT2D eigenvalue weighted by Gasteiger charge is -2.21. The number of anilines is 2. The van der Waals surface area contributed by atoms with E-state index in [1.807, 2.05) is 4.90 Å². The second-order valence-electron chi connectivity index (χ2n) is 5.07. The summed E-state index contributed by atoms with van der Waals surface area (Å²) in [6, 6.07) is 3.17. The van der Waals surface area contributed by atoms with Crippen LogP contribution in [0.25, 0.3) is 0 Å². The first-order chi connectivity index (χ1) is 9.11. The van der Waals surface area contributed by atoms with Gasteiger partial charge in [0.25, 0.3) is 0 Å². The van der Waals surface area contributed by atoms with Crippen molar-refractivity contribution in [3.63, 3.8) is 0 Å². The molecular formula is C13H20N4O2. The molecule has 0 radical (unpaired) electrons. The topological polar surface area (TPSA) is 71.3 Å². The first-order valence-corrected chi connectivity index (χ1v) is 6.70. The van der Waals surface area contributed by atoms with Crippen molar-refractivity contribution in [3.8, 4) is 0 Å². The molecule has 6 heteroatoms. The van der Waals surface area contributed by atoms with E-state index in [-0.39, 0.29) is 10.6 Å². The van der Waals surface area contributed by atoms with Crippen molar-refractivity contribution in [2.45, 2.75) is 26.2 Å². The molecule has 1 aliphatic heterocycles. The van der Waals surface area contributed by atoms with E-state index in [0.717, 1.165) is 25.9 Å². The molecule has 1 aromatic heterocycles. The fraction of sp³-hybridized carbons (Fsp3) is 0.615. The van der Waals surface area contributed by atoms with Gasteiger partial charge < -0.3 is 10.2 Å². The summed E-state index contributed by atoms with van der Waals surface area (Å²) in [5, 5.41) is 14.1. The number of nitrogens with zero attached hydrogens (tertiary/aromatic N) is 3. The summed E-state index contributed by atoms with van der Waals surface area (Å²) < 4.78 is 0. The van der Waals surface area contributed by atoms with Crippen LogP contribution in [0.4, 0.5) is 17.3 Å². The summed E-state index contributed by atoms with van der Waals surface area (Å²) in [5.41, 5.74) is 0.0913. The predicted octanol–water partition coefficient (Wildman–Crippen LogP) is 2.66. The van der Waals surface area contributed by atoms with E-state index in [9.17, 15) is 10.1 Å². The van der Waals surface area contributed by atoms with Gasteiger partial charge in [-0.05, 0) is 31.2 Å². The van der Waals surface area contributed by atoms with Gasteiger partial charge >= 0.3 is 5.69 Å². The molecule has 1 saturated heterocycles. The molecule has 0 aliphatic carbocycles. The highest BCUT2D eigenvalue weighted by Gasteiger charge is 2.23. The number of nitrogens with one attached hydrogen (secondary N) is 1. The summed E-state index contributed by atoms with van der Waals surface area (Å²) in [6.45, 7) is 3.91. The average molecular weight is 264 g/mol. The van der Waals surface area contributed by atoms with E-state index >= 15 is 0 Å². The van der Waals surface area contributed by atoms with Crippen LogP contribution in [-0.2, 0) is 0 Å². The molecule has 0 aromatic carbocycles. The van der Waals surface area contributed by atoms with Crippen LogP contribution < -0.4 is 10.2 Å². The Morgan fingerprint density at radius 2 is 2.21 bits per heavy atom. The number of hydrogen-bond donors (Lipinski definition) is 1. The van der Waals surface area contributed by atoms with E-state index < -0.39 is 0 Å². The Kier molecular flexibility index (Phi) is 4.19. The molecule has 1 atom stereocenters. The van der Waals surface area contributed by atoms with Crippen LogP contribution in [-0.4, -0.2) is 30.0 Å². The third kappa shape index (κ3) is 3.13. The molecular weight excluding hydrogens is 244 g/mol. The van der Waals surface area contributed by atoms with Gasteiger partial charge in [0, 0.05) is 26.2 Å². The van der Waals surface area contributed by atoms with Crippen LogP contribution in [0.5, 0.6) is 0 Å².